The Morgan fingerprint density at radius 3 is 2.77 bits per heavy atom. The van der Waals surface area contributed by atoms with Gasteiger partial charge < -0.3 is 5.11 Å². The van der Waals surface area contributed by atoms with Gasteiger partial charge in [0.25, 0.3) is 0 Å². The van der Waals surface area contributed by atoms with Crippen molar-refractivity contribution in [2.45, 2.75) is 19.4 Å². The number of rotatable bonds is 1. The summed E-state index contributed by atoms with van der Waals surface area (Å²) >= 11 is 0. The fourth-order valence-corrected chi connectivity index (χ4v) is 0.826. The van der Waals surface area contributed by atoms with Gasteiger partial charge in [0, 0.05) is 0 Å². The molecule has 0 bridgehead atoms. The third-order valence-corrected chi connectivity index (χ3v) is 1.63. The van der Waals surface area contributed by atoms with Gasteiger partial charge in [-0.15, -0.1) is 0 Å². The van der Waals surface area contributed by atoms with Gasteiger partial charge in [-0.3, -0.25) is 0 Å². The molecule has 1 rings (SSSR count). The zero-order valence-corrected chi connectivity index (χ0v) is 7.42. The van der Waals surface area contributed by atoms with Crippen LogP contribution in [0.1, 0.15) is 18.9 Å². The lowest BCUT2D eigenvalue weighted by Crippen LogP contribution is -1.99. The minimum Gasteiger partial charge on any atom is -0.380 e. The molecule has 68 valence electrons. The molecule has 1 aromatic rings. The summed E-state index contributed by atoms with van der Waals surface area (Å²) in [5, 5.41) is 9.11. The van der Waals surface area contributed by atoms with Crippen molar-refractivity contribution in [1.29, 1.82) is 0 Å². The van der Waals surface area contributed by atoms with Gasteiger partial charge in [-0.2, -0.15) is 0 Å². The summed E-state index contributed by atoms with van der Waals surface area (Å²) in [5.41, 5.74) is 0.329. The molecule has 1 aromatic carbocycles. The molecule has 0 heterocycles. The van der Waals surface area contributed by atoms with Gasteiger partial charge in [0.15, 0.2) is 0 Å². The molecular weight excluding hydrogens is 167 g/mol. The van der Waals surface area contributed by atoms with Crippen LogP contribution in [0.4, 0.5) is 4.39 Å². The van der Waals surface area contributed by atoms with Gasteiger partial charge in [0.2, 0.25) is 0 Å². The Bertz CT molecular complexity index is 335. The van der Waals surface area contributed by atoms with Gasteiger partial charge in [0.1, 0.15) is 11.9 Å². The largest absolute Gasteiger partial charge is 0.380 e. The van der Waals surface area contributed by atoms with Crippen LogP contribution in [0.5, 0.6) is 0 Å². The van der Waals surface area contributed by atoms with Gasteiger partial charge in [-0.05, 0) is 18.6 Å². The summed E-state index contributed by atoms with van der Waals surface area (Å²) in [7, 11) is 0. The third kappa shape index (κ3) is 2.89. The van der Waals surface area contributed by atoms with E-state index in [1.807, 2.05) is 6.92 Å². The van der Waals surface area contributed by atoms with Crippen molar-refractivity contribution in [3.8, 4) is 11.8 Å². The molecule has 0 saturated carbocycles. The number of aliphatic hydroxyl groups is 1. The molecule has 1 N–H and O–H groups in total. The van der Waals surface area contributed by atoms with E-state index in [-0.39, 0.29) is 5.82 Å². The van der Waals surface area contributed by atoms with E-state index in [0.717, 1.165) is 0 Å². The van der Waals surface area contributed by atoms with Crippen LogP contribution < -0.4 is 0 Å². The number of halogens is 1. The third-order valence-electron chi connectivity index (χ3n) is 1.63. The molecule has 2 heteroatoms. The van der Waals surface area contributed by atoms with Crippen molar-refractivity contribution in [2.24, 2.45) is 0 Å². The Morgan fingerprint density at radius 2 is 2.15 bits per heavy atom. The van der Waals surface area contributed by atoms with Crippen LogP contribution in [0.25, 0.3) is 0 Å². The van der Waals surface area contributed by atoms with E-state index in [1.165, 1.54) is 6.07 Å². The molecule has 0 aliphatic rings. The summed E-state index contributed by atoms with van der Waals surface area (Å²) in [5.74, 6) is 4.79. The predicted octanol–water partition coefficient (Wildman–Crippen LogP) is 1.95. The Balaban J connectivity index is 2.83. The standard InChI is InChI=1S/C11H11FO/c1-2-10(13)8-7-9-5-3-4-6-11(9)12/h3-6,10,13H,2H2,1H3. The number of benzene rings is 1. The zero-order valence-electron chi connectivity index (χ0n) is 7.42. The molecule has 0 amide bonds. The normalized spacial score (nSPS) is 11.6. The van der Waals surface area contributed by atoms with Crippen LogP contribution in [0.2, 0.25) is 0 Å². The Labute approximate surface area is 77.2 Å². The zero-order chi connectivity index (χ0) is 9.68. The molecule has 1 atom stereocenters. The van der Waals surface area contributed by atoms with E-state index >= 15 is 0 Å². The van der Waals surface area contributed by atoms with Crippen molar-refractivity contribution >= 4 is 0 Å². The van der Waals surface area contributed by atoms with Crippen LogP contribution in [-0.4, -0.2) is 11.2 Å². The van der Waals surface area contributed by atoms with E-state index in [9.17, 15) is 4.39 Å². The average molecular weight is 178 g/mol. The lowest BCUT2D eigenvalue weighted by molar-refractivity contribution is 0.228. The molecule has 0 radical (unpaired) electrons. The highest BCUT2D eigenvalue weighted by Crippen LogP contribution is 2.03. The fourth-order valence-electron chi connectivity index (χ4n) is 0.826. The summed E-state index contributed by atoms with van der Waals surface area (Å²) in [6, 6.07) is 6.26. The minimum absolute atomic E-state index is 0.329. The van der Waals surface area contributed by atoms with E-state index in [2.05, 4.69) is 11.8 Å². The smallest absolute Gasteiger partial charge is 0.138 e. The second-order valence-electron chi connectivity index (χ2n) is 2.67. The highest BCUT2D eigenvalue weighted by molar-refractivity contribution is 5.35. The molecule has 1 unspecified atom stereocenters. The van der Waals surface area contributed by atoms with Crippen molar-refractivity contribution in [3.63, 3.8) is 0 Å². The topological polar surface area (TPSA) is 20.2 Å². The molecule has 0 aliphatic carbocycles. The van der Waals surface area contributed by atoms with Crippen molar-refractivity contribution in [2.75, 3.05) is 0 Å². The summed E-state index contributed by atoms with van der Waals surface area (Å²) in [4.78, 5) is 0. The lowest BCUT2D eigenvalue weighted by atomic mass is 10.2. The minimum atomic E-state index is -0.667. The molecular formula is C11H11FO. The molecule has 13 heavy (non-hydrogen) atoms. The van der Waals surface area contributed by atoms with Crippen molar-refractivity contribution in [1.82, 2.24) is 0 Å². The molecule has 0 saturated heterocycles. The van der Waals surface area contributed by atoms with Crippen LogP contribution in [-0.2, 0) is 0 Å². The Kier molecular flexibility index (Phi) is 3.48. The highest BCUT2D eigenvalue weighted by Gasteiger charge is 1.96. The van der Waals surface area contributed by atoms with E-state index < -0.39 is 6.10 Å². The maximum absolute atomic E-state index is 13.0. The first-order chi connectivity index (χ1) is 6.24. The van der Waals surface area contributed by atoms with Gasteiger partial charge in [-0.25, -0.2) is 4.39 Å². The van der Waals surface area contributed by atoms with Crippen LogP contribution in [0.3, 0.4) is 0 Å². The van der Waals surface area contributed by atoms with Gasteiger partial charge in [-0.1, -0.05) is 30.9 Å². The van der Waals surface area contributed by atoms with Crippen LogP contribution in [0.15, 0.2) is 24.3 Å². The summed E-state index contributed by atoms with van der Waals surface area (Å²) < 4.78 is 13.0. The quantitative estimate of drug-likeness (QED) is 0.652. The SMILES string of the molecule is CCC(O)C#Cc1ccccc1F. The molecule has 0 aliphatic heterocycles. The first-order valence-corrected chi connectivity index (χ1v) is 4.18. The fraction of sp³-hybridized carbons (Fsp3) is 0.273. The second kappa shape index (κ2) is 4.64. The van der Waals surface area contributed by atoms with Crippen LogP contribution >= 0.6 is 0 Å². The van der Waals surface area contributed by atoms with Crippen molar-refractivity contribution < 1.29 is 9.50 Å². The maximum Gasteiger partial charge on any atom is 0.138 e. The van der Waals surface area contributed by atoms with E-state index in [4.69, 9.17) is 5.11 Å². The monoisotopic (exact) mass is 178 g/mol. The number of aliphatic hydroxyl groups excluding tert-OH is 1. The van der Waals surface area contributed by atoms with Gasteiger partial charge >= 0.3 is 0 Å². The van der Waals surface area contributed by atoms with E-state index in [1.54, 1.807) is 18.2 Å². The average Bonchev–Trinajstić information content (AvgIpc) is 2.16. The number of hydrogen-bond donors (Lipinski definition) is 1. The molecule has 0 aromatic heterocycles. The highest BCUT2D eigenvalue weighted by atomic mass is 19.1. The number of hydrogen-bond acceptors (Lipinski definition) is 1. The van der Waals surface area contributed by atoms with Crippen LogP contribution in [0, 0.1) is 17.7 Å². The summed E-state index contributed by atoms with van der Waals surface area (Å²) in [6.07, 6.45) is -0.110. The molecule has 1 nitrogen and oxygen atoms in total. The first kappa shape index (κ1) is 9.76. The first-order valence-electron chi connectivity index (χ1n) is 4.18. The van der Waals surface area contributed by atoms with Crippen molar-refractivity contribution in [3.05, 3.63) is 35.6 Å². The predicted molar refractivity (Wildman–Crippen MR) is 49.6 cm³/mol. The van der Waals surface area contributed by atoms with E-state index in [0.29, 0.717) is 12.0 Å². The van der Waals surface area contributed by atoms with Gasteiger partial charge in [0.05, 0.1) is 5.56 Å². The molecule has 0 spiro atoms. The summed E-state index contributed by atoms with van der Waals surface area (Å²) in [6.45, 7) is 1.82. The lowest BCUT2D eigenvalue weighted by Gasteiger charge is -1.95. The second-order valence-corrected chi connectivity index (χ2v) is 2.67. The Morgan fingerprint density at radius 1 is 1.46 bits per heavy atom. The Hall–Kier alpha value is -1.33. The molecule has 0 fully saturated rings. The maximum atomic E-state index is 13.0.